The Hall–Kier alpha value is -2.55. The van der Waals surface area contributed by atoms with Crippen LogP contribution in [0.4, 0.5) is 0 Å². The molecule has 0 atom stereocenters. The quantitative estimate of drug-likeness (QED) is 0.780. The van der Waals surface area contributed by atoms with Crippen LogP contribution in [0.15, 0.2) is 54.7 Å². The van der Waals surface area contributed by atoms with Gasteiger partial charge >= 0.3 is 0 Å². The third-order valence-electron chi connectivity index (χ3n) is 4.00. The monoisotopic (exact) mass is 292 g/mol. The average molecular weight is 292 g/mol. The first-order chi connectivity index (χ1) is 10.6. The number of amides is 1. The van der Waals surface area contributed by atoms with E-state index in [1.165, 1.54) is 10.9 Å². The van der Waals surface area contributed by atoms with Crippen molar-refractivity contribution in [2.75, 3.05) is 13.6 Å². The lowest BCUT2D eigenvalue weighted by Crippen LogP contribution is -2.28. The van der Waals surface area contributed by atoms with E-state index in [1.807, 2.05) is 56.6 Å². The minimum absolute atomic E-state index is 0.0727. The van der Waals surface area contributed by atoms with Gasteiger partial charge in [0.2, 0.25) is 0 Å². The van der Waals surface area contributed by atoms with Gasteiger partial charge in [-0.2, -0.15) is 0 Å². The van der Waals surface area contributed by atoms with Gasteiger partial charge in [0.15, 0.2) is 0 Å². The Morgan fingerprint density at radius 1 is 1.14 bits per heavy atom. The molecule has 0 unspecified atom stereocenters. The lowest BCUT2D eigenvalue weighted by atomic mass is 10.1. The number of H-pyrrole nitrogens is 1. The molecule has 0 fully saturated rings. The molecule has 1 N–H and O–H groups in total. The highest BCUT2D eigenvalue weighted by atomic mass is 16.2. The number of aromatic nitrogens is 1. The number of hydrogen-bond donors (Lipinski definition) is 1. The van der Waals surface area contributed by atoms with Crippen molar-refractivity contribution in [3.8, 4) is 0 Å². The highest BCUT2D eigenvalue weighted by molar-refractivity contribution is 5.94. The number of aryl methyl sites for hydroxylation is 1. The van der Waals surface area contributed by atoms with Crippen molar-refractivity contribution in [1.82, 2.24) is 9.88 Å². The van der Waals surface area contributed by atoms with E-state index in [0.717, 1.165) is 23.1 Å². The summed E-state index contributed by atoms with van der Waals surface area (Å²) in [7, 11) is 1.86. The Labute approximate surface area is 130 Å². The van der Waals surface area contributed by atoms with E-state index in [9.17, 15) is 4.79 Å². The molecule has 1 aromatic heterocycles. The van der Waals surface area contributed by atoms with Gasteiger partial charge in [0.1, 0.15) is 0 Å². The number of para-hydroxylation sites is 1. The summed E-state index contributed by atoms with van der Waals surface area (Å²) in [6, 6.07) is 16.0. The highest BCUT2D eigenvalue weighted by Gasteiger charge is 2.12. The maximum atomic E-state index is 12.4. The summed E-state index contributed by atoms with van der Waals surface area (Å²) in [6.45, 7) is 2.71. The first kappa shape index (κ1) is 14.4. The van der Waals surface area contributed by atoms with Crippen LogP contribution < -0.4 is 0 Å². The maximum Gasteiger partial charge on any atom is 0.253 e. The topological polar surface area (TPSA) is 36.1 Å². The standard InChI is InChI=1S/C19H20N2O/c1-14-6-5-7-15(12-14)19(22)21(2)11-10-16-13-20-18-9-4-3-8-17(16)18/h3-9,12-13,20H,10-11H2,1-2H3. The maximum absolute atomic E-state index is 12.4. The Balaban J connectivity index is 1.69. The van der Waals surface area contributed by atoms with Crippen molar-refractivity contribution in [3.05, 3.63) is 71.4 Å². The number of hydrogen-bond acceptors (Lipinski definition) is 1. The number of aromatic amines is 1. The van der Waals surface area contributed by atoms with Crippen LogP contribution in [0.1, 0.15) is 21.5 Å². The SMILES string of the molecule is Cc1cccc(C(=O)N(C)CCc2c[nH]c3ccccc23)c1. The number of rotatable bonds is 4. The van der Waals surface area contributed by atoms with Gasteiger partial charge < -0.3 is 9.88 Å². The smallest absolute Gasteiger partial charge is 0.253 e. The van der Waals surface area contributed by atoms with E-state index in [1.54, 1.807) is 4.90 Å². The van der Waals surface area contributed by atoms with Gasteiger partial charge in [-0.25, -0.2) is 0 Å². The number of carbonyl (C=O) groups excluding carboxylic acids is 1. The van der Waals surface area contributed by atoms with Crippen molar-refractivity contribution in [2.45, 2.75) is 13.3 Å². The Bertz CT molecular complexity index is 804. The molecule has 0 spiro atoms. The number of nitrogens with zero attached hydrogens (tertiary/aromatic N) is 1. The molecule has 3 nitrogen and oxygen atoms in total. The molecule has 1 amide bonds. The van der Waals surface area contributed by atoms with E-state index in [2.05, 4.69) is 17.1 Å². The Kier molecular flexibility index (Phi) is 3.96. The third-order valence-corrected chi connectivity index (χ3v) is 4.00. The number of likely N-dealkylation sites (N-methyl/N-ethyl adjacent to an activating group) is 1. The van der Waals surface area contributed by atoms with Crippen molar-refractivity contribution < 1.29 is 4.79 Å². The zero-order valence-electron chi connectivity index (χ0n) is 13.0. The molecule has 2 aromatic carbocycles. The first-order valence-electron chi connectivity index (χ1n) is 7.52. The Morgan fingerprint density at radius 2 is 1.95 bits per heavy atom. The molecule has 0 saturated carbocycles. The van der Waals surface area contributed by atoms with E-state index < -0.39 is 0 Å². The second-order valence-electron chi connectivity index (χ2n) is 5.71. The van der Waals surface area contributed by atoms with Crippen LogP contribution in [-0.2, 0) is 6.42 Å². The fraction of sp³-hybridized carbons (Fsp3) is 0.211. The largest absolute Gasteiger partial charge is 0.361 e. The van der Waals surface area contributed by atoms with Crippen molar-refractivity contribution in [3.63, 3.8) is 0 Å². The Morgan fingerprint density at radius 3 is 2.77 bits per heavy atom. The molecule has 3 aromatic rings. The summed E-state index contributed by atoms with van der Waals surface area (Å²) >= 11 is 0. The van der Waals surface area contributed by atoms with Crippen molar-refractivity contribution in [2.24, 2.45) is 0 Å². The van der Waals surface area contributed by atoms with Crippen LogP contribution in [-0.4, -0.2) is 29.4 Å². The van der Waals surface area contributed by atoms with Gasteiger partial charge in [0.05, 0.1) is 0 Å². The van der Waals surface area contributed by atoms with Crippen LogP contribution in [0, 0.1) is 6.92 Å². The molecule has 112 valence electrons. The average Bonchev–Trinajstić information content (AvgIpc) is 2.95. The second-order valence-corrected chi connectivity index (χ2v) is 5.71. The lowest BCUT2D eigenvalue weighted by Gasteiger charge is -2.17. The van der Waals surface area contributed by atoms with E-state index >= 15 is 0 Å². The lowest BCUT2D eigenvalue weighted by molar-refractivity contribution is 0.0796. The zero-order chi connectivity index (χ0) is 15.5. The van der Waals surface area contributed by atoms with Crippen LogP contribution in [0.25, 0.3) is 10.9 Å². The van der Waals surface area contributed by atoms with E-state index in [0.29, 0.717) is 6.54 Å². The number of carbonyl (C=O) groups is 1. The van der Waals surface area contributed by atoms with Gasteiger partial charge in [0.25, 0.3) is 5.91 Å². The van der Waals surface area contributed by atoms with Gasteiger partial charge in [-0.05, 0) is 37.1 Å². The highest BCUT2D eigenvalue weighted by Crippen LogP contribution is 2.18. The minimum Gasteiger partial charge on any atom is -0.361 e. The summed E-state index contributed by atoms with van der Waals surface area (Å²) in [5, 5.41) is 1.24. The number of fused-ring (bicyclic) bond motifs is 1. The summed E-state index contributed by atoms with van der Waals surface area (Å²) in [5.41, 5.74) is 4.25. The van der Waals surface area contributed by atoms with Crippen molar-refractivity contribution >= 4 is 16.8 Å². The molecule has 0 radical (unpaired) electrons. The number of benzene rings is 2. The van der Waals surface area contributed by atoms with E-state index in [-0.39, 0.29) is 5.91 Å². The molecular formula is C19H20N2O. The van der Waals surface area contributed by atoms with E-state index in [4.69, 9.17) is 0 Å². The second kappa shape index (κ2) is 6.06. The zero-order valence-corrected chi connectivity index (χ0v) is 13.0. The van der Waals surface area contributed by atoms with Crippen LogP contribution in [0.2, 0.25) is 0 Å². The summed E-state index contributed by atoms with van der Waals surface area (Å²) in [6.07, 6.45) is 2.88. The summed E-state index contributed by atoms with van der Waals surface area (Å²) in [4.78, 5) is 17.5. The molecular weight excluding hydrogens is 272 g/mol. The molecule has 3 rings (SSSR count). The van der Waals surface area contributed by atoms with Gasteiger partial charge in [0, 0.05) is 36.3 Å². The minimum atomic E-state index is 0.0727. The van der Waals surface area contributed by atoms with Gasteiger partial charge in [-0.3, -0.25) is 4.79 Å². The normalized spacial score (nSPS) is 10.8. The molecule has 0 aliphatic rings. The van der Waals surface area contributed by atoms with Crippen LogP contribution >= 0.6 is 0 Å². The predicted molar refractivity (Wildman–Crippen MR) is 90.1 cm³/mol. The molecule has 0 aliphatic heterocycles. The molecule has 1 heterocycles. The first-order valence-corrected chi connectivity index (χ1v) is 7.52. The summed E-state index contributed by atoms with van der Waals surface area (Å²) < 4.78 is 0. The molecule has 0 saturated heterocycles. The fourth-order valence-electron chi connectivity index (χ4n) is 2.73. The third kappa shape index (κ3) is 2.89. The molecule has 22 heavy (non-hydrogen) atoms. The molecule has 0 bridgehead atoms. The number of nitrogens with one attached hydrogen (secondary N) is 1. The molecule has 3 heteroatoms. The fourth-order valence-corrected chi connectivity index (χ4v) is 2.73. The van der Waals surface area contributed by atoms with Gasteiger partial charge in [-0.15, -0.1) is 0 Å². The van der Waals surface area contributed by atoms with Crippen molar-refractivity contribution in [1.29, 1.82) is 0 Å². The molecule has 0 aliphatic carbocycles. The van der Waals surface area contributed by atoms with Crippen LogP contribution in [0.3, 0.4) is 0 Å². The van der Waals surface area contributed by atoms with Crippen LogP contribution in [0.5, 0.6) is 0 Å². The summed E-state index contributed by atoms with van der Waals surface area (Å²) in [5.74, 6) is 0.0727. The van der Waals surface area contributed by atoms with Gasteiger partial charge in [-0.1, -0.05) is 35.9 Å². The predicted octanol–water partition coefficient (Wildman–Crippen LogP) is 3.79.